The SMILES string of the molecule is CC(N)C1CN(Cc2cc(=O)n(C)c(=O)n2C)CCO1. The van der Waals surface area contributed by atoms with Crippen molar-refractivity contribution in [3.63, 3.8) is 0 Å². The van der Waals surface area contributed by atoms with Crippen LogP contribution in [0.5, 0.6) is 0 Å². The van der Waals surface area contributed by atoms with Crippen LogP contribution in [-0.2, 0) is 25.4 Å². The van der Waals surface area contributed by atoms with Gasteiger partial charge in [0.05, 0.1) is 12.7 Å². The van der Waals surface area contributed by atoms with Crippen LogP contribution >= 0.6 is 0 Å². The van der Waals surface area contributed by atoms with Crippen LogP contribution in [0.2, 0.25) is 0 Å². The predicted molar refractivity (Wildman–Crippen MR) is 75.6 cm³/mol. The number of ether oxygens (including phenoxy) is 1. The summed E-state index contributed by atoms with van der Waals surface area (Å²) in [5.74, 6) is 0. The molecule has 0 saturated carbocycles. The average molecular weight is 282 g/mol. The molecule has 0 radical (unpaired) electrons. The summed E-state index contributed by atoms with van der Waals surface area (Å²) < 4.78 is 8.22. The lowest BCUT2D eigenvalue weighted by Gasteiger charge is -2.34. The normalized spacial score (nSPS) is 21.9. The summed E-state index contributed by atoms with van der Waals surface area (Å²) in [5.41, 5.74) is 5.99. The van der Waals surface area contributed by atoms with E-state index in [1.54, 1.807) is 7.05 Å². The highest BCUT2D eigenvalue weighted by atomic mass is 16.5. The first-order valence-corrected chi connectivity index (χ1v) is 6.75. The van der Waals surface area contributed by atoms with Crippen LogP contribution < -0.4 is 17.0 Å². The largest absolute Gasteiger partial charge is 0.374 e. The van der Waals surface area contributed by atoms with Gasteiger partial charge in [-0.05, 0) is 6.92 Å². The molecular formula is C13H22N4O3. The van der Waals surface area contributed by atoms with E-state index in [9.17, 15) is 9.59 Å². The Kier molecular flexibility index (Phi) is 4.42. The van der Waals surface area contributed by atoms with Crippen molar-refractivity contribution >= 4 is 0 Å². The third-order valence-electron chi connectivity index (χ3n) is 3.77. The van der Waals surface area contributed by atoms with Gasteiger partial charge in [0.15, 0.2) is 0 Å². The molecule has 0 spiro atoms. The second-order valence-electron chi connectivity index (χ2n) is 5.38. The summed E-state index contributed by atoms with van der Waals surface area (Å²) in [5, 5.41) is 0. The van der Waals surface area contributed by atoms with E-state index < -0.39 is 0 Å². The summed E-state index contributed by atoms with van der Waals surface area (Å²) in [6.45, 7) is 4.56. The maximum absolute atomic E-state index is 11.9. The first kappa shape index (κ1) is 15.0. The smallest absolute Gasteiger partial charge is 0.330 e. The first-order valence-electron chi connectivity index (χ1n) is 6.75. The Morgan fingerprint density at radius 3 is 2.75 bits per heavy atom. The third-order valence-corrected chi connectivity index (χ3v) is 3.77. The highest BCUT2D eigenvalue weighted by Gasteiger charge is 2.24. The number of nitrogens with two attached hydrogens (primary N) is 1. The Balaban J connectivity index is 2.18. The molecule has 2 N–H and O–H groups in total. The van der Waals surface area contributed by atoms with Gasteiger partial charge in [0.25, 0.3) is 5.56 Å². The molecule has 7 heteroatoms. The van der Waals surface area contributed by atoms with E-state index in [4.69, 9.17) is 10.5 Å². The van der Waals surface area contributed by atoms with Crippen molar-refractivity contribution in [2.24, 2.45) is 19.8 Å². The standard InChI is InChI=1S/C13H22N4O3/c1-9(14)11-8-17(4-5-20-11)7-10-6-12(18)16(3)13(19)15(10)2/h6,9,11H,4-5,7-8,14H2,1-3H3. The number of rotatable bonds is 3. The number of hydrogen-bond donors (Lipinski definition) is 1. The minimum atomic E-state index is -0.301. The van der Waals surface area contributed by atoms with Crippen molar-refractivity contribution in [1.29, 1.82) is 0 Å². The Labute approximate surface area is 117 Å². The van der Waals surface area contributed by atoms with E-state index in [0.29, 0.717) is 25.4 Å². The van der Waals surface area contributed by atoms with Gasteiger partial charge in [-0.15, -0.1) is 0 Å². The van der Waals surface area contributed by atoms with Crippen LogP contribution in [-0.4, -0.2) is 45.9 Å². The minimum Gasteiger partial charge on any atom is -0.374 e. The molecule has 1 saturated heterocycles. The molecule has 1 aromatic rings. The van der Waals surface area contributed by atoms with Crippen LogP contribution in [0.1, 0.15) is 12.6 Å². The molecule has 0 bridgehead atoms. The number of hydrogen-bond acceptors (Lipinski definition) is 5. The lowest BCUT2D eigenvalue weighted by Crippen LogP contribution is -2.49. The zero-order chi connectivity index (χ0) is 14.9. The fourth-order valence-electron chi connectivity index (χ4n) is 2.35. The second-order valence-corrected chi connectivity index (χ2v) is 5.38. The van der Waals surface area contributed by atoms with Gasteiger partial charge < -0.3 is 10.5 Å². The molecule has 1 aliphatic rings. The molecule has 2 unspecified atom stereocenters. The molecule has 2 atom stereocenters. The molecular weight excluding hydrogens is 260 g/mol. The van der Waals surface area contributed by atoms with Gasteiger partial charge in [-0.25, -0.2) is 4.79 Å². The average Bonchev–Trinajstić information content (AvgIpc) is 2.42. The molecule has 7 nitrogen and oxygen atoms in total. The van der Waals surface area contributed by atoms with Crippen LogP contribution in [0.4, 0.5) is 0 Å². The quantitative estimate of drug-likeness (QED) is 0.740. The Morgan fingerprint density at radius 1 is 1.40 bits per heavy atom. The molecule has 1 aromatic heterocycles. The van der Waals surface area contributed by atoms with Gasteiger partial charge in [0.1, 0.15) is 0 Å². The third kappa shape index (κ3) is 3.00. The number of aromatic nitrogens is 2. The van der Waals surface area contributed by atoms with E-state index in [2.05, 4.69) is 4.90 Å². The van der Waals surface area contributed by atoms with E-state index in [0.717, 1.165) is 11.1 Å². The molecule has 0 amide bonds. The fourth-order valence-corrected chi connectivity index (χ4v) is 2.35. The molecule has 112 valence electrons. The molecule has 1 fully saturated rings. The van der Waals surface area contributed by atoms with Gasteiger partial charge in [0.2, 0.25) is 0 Å². The monoisotopic (exact) mass is 282 g/mol. The van der Waals surface area contributed by atoms with Gasteiger partial charge in [-0.2, -0.15) is 0 Å². The Hall–Kier alpha value is -1.44. The van der Waals surface area contributed by atoms with Gasteiger partial charge in [-0.1, -0.05) is 0 Å². The lowest BCUT2D eigenvalue weighted by molar-refractivity contribution is -0.0410. The highest BCUT2D eigenvalue weighted by Crippen LogP contribution is 2.10. The van der Waals surface area contributed by atoms with Crippen molar-refractivity contribution in [3.8, 4) is 0 Å². The van der Waals surface area contributed by atoms with Gasteiger partial charge in [-0.3, -0.25) is 18.8 Å². The van der Waals surface area contributed by atoms with Gasteiger partial charge in [0, 0.05) is 51.5 Å². The number of morpholine rings is 1. The second kappa shape index (κ2) is 5.90. The van der Waals surface area contributed by atoms with E-state index >= 15 is 0 Å². The summed E-state index contributed by atoms with van der Waals surface area (Å²) in [6.07, 6.45) is -0.00711. The van der Waals surface area contributed by atoms with Crippen molar-refractivity contribution in [2.45, 2.75) is 25.6 Å². The van der Waals surface area contributed by atoms with E-state index in [1.807, 2.05) is 6.92 Å². The molecule has 2 heterocycles. The maximum Gasteiger partial charge on any atom is 0.330 e. The highest BCUT2D eigenvalue weighted by molar-refractivity contribution is 5.02. The van der Waals surface area contributed by atoms with Crippen molar-refractivity contribution in [3.05, 3.63) is 32.6 Å². The zero-order valence-electron chi connectivity index (χ0n) is 12.2. The summed E-state index contributed by atoms with van der Waals surface area (Å²) >= 11 is 0. The van der Waals surface area contributed by atoms with Gasteiger partial charge >= 0.3 is 5.69 Å². The minimum absolute atomic E-state index is 0.00711. The lowest BCUT2D eigenvalue weighted by atomic mass is 10.1. The topological polar surface area (TPSA) is 82.5 Å². The summed E-state index contributed by atoms with van der Waals surface area (Å²) in [7, 11) is 3.16. The molecule has 20 heavy (non-hydrogen) atoms. The van der Waals surface area contributed by atoms with Crippen molar-refractivity contribution in [1.82, 2.24) is 14.0 Å². The van der Waals surface area contributed by atoms with Crippen LogP contribution in [0.25, 0.3) is 0 Å². The maximum atomic E-state index is 11.9. The molecule has 1 aliphatic heterocycles. The van der Waals surface area contributed by atoms with Crippen LogP contribution in [0.3, 0.4) is 0 Å². The molecule has 0 aromatic carbocycles. The summed E-state index contributed by atoms with van der Waals surface area (Å²) in [6, 6.07) is 1.47. The first-order chi connectivity index (χ1) is 9.40. The fraction of sp³-hybridized carbons (Fsp3) is 0.692. The number of nitrogens with zero attached hydrogens (tertiary/aromatic N) is 3. The molecule has 0 aliphatic carbocycles. The van der Waals surface area contributed by atoms with E-state index in [-0.39, 0.29) is 23.4 Å². The van der Waals surface area contributed by atoms with Crippen LogP contribution in [0, 0.1) is 0 Å². The zero-order valence-corrected chi connectivity index (χ0v) is 12.2. The Bertz CT molecular complexity index is 590. The van der Waals surface area contributed by atoms with Crippen molar-refractivity contribution in [2.75, 3.05) is 19.7 Å². The van der Waals surface area contributed by atoms with Crippen molar-refractivity contribution < 1.29 is 4.74 Å². The van der Waals surface area contributed by atoms with E-state index in [1.165, 1.54) is 17.7 Å². The predicted octanol–water partition coefficient (Wildman–Crippen LogP) is -1.37. The van der Waals surface area contributed by atoms with Crippen LogP contribution in [0.15, 0.2) is 15.7 Å². The summed E-state index contributed by atoms with van der Waals surface area (Å²) in [4.78, 5) is 25.8. The Morgan fingerprint density at radius 2 is 2.10 bits per heavy atom. The molecule has 2 rings (SSSR count).